The monoisotopic (exact) mass is 209 g/mol. The van der Waals surface area contributed by atoms with Gasteiger partial charge >= 0.3 is 0 Å². The molecule has 0 aliphatic rings. The van der Waals surface area contributed by atoms with Gasteiger partial charge in [-0.05, 0) is 29.4 Å². The highest BCUT2D eigenvalue weighted by Crippen LogP contribution is 2.17. The van der Waals surface area contributed by atoms with Crippen molar-refractivity contribution >= 4 is 5.57 Å². The van der Waals surface area contributed by atoms with Crippen LogP contribution in [-0.2, 0) is 0 Å². The predicted molar refractivity (Wildman–Crippen MR) is 70.9 cm³/mol. The SMILES string of the molecule is C=CC(=C)C(=C)/C=C(\C=C)c1ccccn1. The fourth-order valence-electron chi connectivity index (χ4n) is 1.18. The van der Waals surface area contributed by atoms with Gasteiger partial charge in [-0.25, -0.2) is 0 Å². The highest BCUT2D eigenvalue weighted by Gasteiger charge is 1.99. The summed E-state index contributed by atoms with van der Waals surface area (Å²) >= 11 is 0. The number of rotatable bonds is 5. The van der Waals surface area contributed by atoms with Gasteiger partial charge in [0.1, 0.15) is 0 Å². The molecule has 1 aromatic rings. The number of hydrogen-bond acceptors (Lipinski definition) is 1. The molecule has 1 heterocycles. The second kappa shape index (κ2) is 5.66. The highest BCUT2D eigenvalue weighted by molar-refractivity contribution is 5.74. The van der Waals surface area contributed by atoms with Gasteiger partial charge < -0.3 is 0 Å². The molecule has 80 valence electrons. The van der Waals surface area contributed by atoms with Crippen LogP contribution in [0, 0.1) is 0 Å². The third-order valence-electron chi connectivity index (χ3n) is 2.17. The number of aromatic nitrogens is 1. The molecule has 0 bridgehead atoms. The number of pyridine rings is 1. The Morgan fingerprint density at radius 1 is 1.06 bits per heavy atom. The molecule has 1 heteroatoms. The molecule has 0 aromatic carbocycles. The van der Waals surface area contributed by atoms with Gasteiger partial charge in [-0.3, -0.25) is 4.98 Å². The van der Waals surface area contributed by atoms with Crippen molar-refractivity contribution in [1.82, 2.24) is 4.98 Å². The molecule has 0 aliphatic heterocycles. The van der Waals surface area contributed by atoms with E-state index in [0.29, 0.717) is 0 Å². The topological polar surface area (TPSA) is 12.9 Å². The minimum absolute atomic E-state index is 0.801. The number of allylic oxidation sites excluding steroid dienone is 6. The summed E-state index contributed by atoms with van der Waals surface area (Å²) in [7, 11) is 0. The minimum Gasteiger partial charge on any atom is -0.256 e. The van der Waals surface area contributed by atoms with E-state index in [2.05, 4.69) is 31.3 Å². The maximum atomic E-state index is 4.25. The lowest BCUT2D eigenvalue weighted by Crippen LogP contribution is -1.87. The Labute approximate surface area is 96.9 Å². The standard InChI is InChI=1S/C15H15N/c1-5-12(3)13(4)11-14(6-2)15-9-7-8-10-16-15/h5-11H,1-4H2/b14-11+. The molecule has 0 atom stereocenters. The zero-order chi connectivity index (χ0) is 12.0. The first-order valence-electron chi connectivity index (χ1n) is 4.95. The molecule has 0 aliphatic carbocycles. The van der Waals surface area contributed by atoms with E-state index < -0.39 is 0 Å². The minimum atomic E-state index is 0.801. The van der Waals surface area contributed by atoms with Crippen molar-refractivity contribution in [3.8, 4) is 0 Å². The van der Waals surface area contributed by atoms with Crippen LogP contribution in [-0.4, -0.2) is 4.98 Å². The fraction of sp³-hybridized carbons (Fsp3) is 0. The van der Waals surface area contributed by atoms with Gasteiger partial charge in [0.2, 0.25) is 0 Å². The average molecular weight is 209 g/mol. The lowest BCUT2D eigenvalue weighted by molar-refractivity contribution is 1.28. The second-order valence-corrected chi connectivity index (χ2v) is 3.27. The molecular weight excluding hydrogens is 194 g/mol. The van der Waals surface area contributed by atoms with Crippen LogP contribution in [0.3, 0.4) is 0 Å². The summed E-state index contributed by atoms with van der Waals surface area (Å²) in [6.07, 6.45) is 7.08. The summed E-state index contributed by atoms with van der Waals surface area (Å²) < 4.78 is 0. The van der Waals surface area contributed by atoms with Crippen molar-refractivity contribution in [2.75, 3.05) is 0 Å². The highest BCUT2D eigenvalue weighted by atomic mass is 14.7. The van der Waals surface area contributed by atoms with Crippen molar-refractivity contribution in [1.29, 1.82) is 0 Å². The van der Waals surface area contributed by atoms with E-state index in [1.807, 2.05) is 24.3 Å². The molecule has 0 saturated heterocycles. The summed E-state index contributed by atoms with van der Waals surface area (Å²) in [5.41, 5.74) is 3.41. The first kappa shape index (κ1) is 11.9. The lowest BCUT2D eigenvalue weighted by atomic mass is 10.0. The van der Waals surface area contributed by atoms with Crippen LogP contribution < -0.4 is 0 Å². The van der Waals surface area contributed by atoms with Crippen LogP contribution >= 0.6 is 0 Å². The van der Waals surface area contributed by atoms with Gasteiger partial charge in [-0.2, -0.15) is 0 Å². The average Bonchev–Trinajstić information content (AvgIpc) is 2.35. The van der Waals surface area contributed by atoms with Crippen LogP contribution in [0.1, 0.15) is 5.69 Å². The van der Waals surface area contributed by atoms with E-state index in [1.54, 1.807) is 18.3 Å². The van der Waals surface area contributed by atoms with Crippen molar-refractivity contribution in [2.24, 2.45) is 0 Å². The van der Waals surface area contributed by atoms with Crippen molar-refractivity contribution in [2.45, 2.75) is 0 Å². The van der Waals surface area contributed by atoms with Crippen LogP contribution in [0.25, 0.3) is 5.57 Å². The molecule has 0 unspecified atom stereocenters. The van der Waals surface area contributed by atoms with Crippen LogP contribution in [0.4, 0.5) is 0 Å². The van der Waals surface area contributed by atoms with E-state index in [-0.39, 0.29) is 0 Å². The summed E-state index contributed by atoms with van der Waals surface area (Å²) in [5.74, 6) is 0. The van der Waals surface area contributed by atoms with Crippen LogP contribution in [0.5, 0.6) is 0 Å². The van der Waals surface area contributed by atoms with Crippen molar-refractivity contribution in [3.05, 3.63) is 85.8 Å². The summed E-state index contributed by atoms with van der Waals surface area (Å²) in [4.78, 5) is 4.25. The Balaban J connectivity index is 3.04. The molecule has 16 heavy (non-hydrogen) atoms. The summed E-state index contributed by atoms with van der Waals surface area (Å²) in [6, 6.07) is 5.74. The third kappa shape index (κ3) is 2.92. The van der Waals surface area contributed by atoms with Crippen molar-refractivity contribution in [3.63, 3.8) is 0 Å². The Morgan fingerprint density at radius 2 is 1.81 bits per heavy atom. The van der Waals surface area contributed by atoms with Gasteiger partial charge in [0.25, 0.3) is 0 Å². The Bertz CT molecular complexity index is 450. The molecule has 1 rings (SSSR count). The molecule has 1 nitrogen and oxygen atoms in total. The predicted octanol–water partition coefficient (Wildman–Crippen LogP) is 3.95. The number of nitrogens with zero attached hydrogens (tertiary/aromatic N) is 1. The Hall–Kier alpha value is -2.15. The summed E-state index contributed by atoms with van der Waals surface area (Å²) in [5, 5.41) is 0. The third-order valence-corrected chi connectivity index (χ3v) is 2.17. The fourth-order valence-corrected chi connectivity index (χ4v) is 1.18. The van der Waals surface area contributed by atoms with E-state index in [0.717, 1.165) is 22.4 Å². The van der Waals surface area contributed by atoms with Gasteiger partial charge in [0, 0.05) is 11.8 Å². The molecule has 0 spiro atoms. The van der Waals surface area contributed by atoms with E-state index in [9.17, 15) is 0 Å². The molecule has 0 amide bonds. The Morgan fingerprint density at radius 3 is 2.31 bits per heavy atom. The molecule has 0 N–H and O–H groups in total. The molecular formula is C15H15N. The van der Waals surface area contributed by atoms with Crippen LogP contribution in [0.2, 0.25) is 0 Å². The van der Waals surface area contributed by atoms with E-state index in [4.69, 9.17) is 0 Å². The Kier molecular flexibility index (Phi) is 4.22. The zero-order valence-corrected chi connectivity index (χ0v) is 9.32. The molecule has 0 radical (unpaired) electrons. The van der Waals surface area contributed by atoms with Crippen LogP contribution in [0.15, 0.2) is 80.1 Å². The smallest absolute Gasteiger partial charge is 0.0701 e. The maximum Gasteiger partial charge on any atom is 0.0701 e. The molecule has 0 saturated carbocycles. The maximum absolute atomic E-state index is 4.25. The normalized spacial score (nSPS) is 10.6. The quantitative estimate of drug-likeness (QED) is 0.669. The first-order valence-corrected chi connectivity index (χ1v) is 4.95. The van der Waals surface area contributed by atoms with Gasteiger partial charge in [-0.15, -0.1) is 0 Å². The number of hydrogen-bond donors (Lipinski definition) is 0. The van der Waals surface area contributed by atoms with E-state index >= 15 is 0 Å². The second-order valence-electron chi connectivity index (χ2n) is 3.27. The summed E-state index contributed by atoms with van der Waals surface area (Å²) in [6.45, 7) is 15.2. The molecule has 1 aromatic heterocycles. The van der Waals surface area contributed by atoms with Gasteiger partial charge in [0.05, 0.1) is 5.69 Å². The van der Waals surface area contributed by atoms with Crippen molar-refractivity contribution < 1.29 is 0 Å². The van der Waals surface area contributed by atoms with Gasteiger partial charge in [-0.1, -0.05) is 44.5 Å². The first-order chi connectivity index (χ1) is 7.69. The zero-order valence-electron chi connectivity index (χ0n) is 9.32. The largest absolute Gasteiger partial charge is 0.256 e. The van der Waals surface area contributed by atoms with E-state index in [1.165, 1.54) is 0 Å². The molecule has 0 fully saturated rings. The lowest BCUT2D eigenvalue weighted by Gasteiger charge is -2.03. The van der Waals surface area contributed by atoms with Gasteiger partial charge in [0.15, 0.2) is 0 Å².